The Kier molecular flexibility index (Phi) is 1.04. The predicted molar refractivity (Wildman–Crippen MR) is 33.6 cm³/mol. The van der Waals surface area contributed by atoms with E-state index < -0.39 is 0 Å². The molecule has 0 aliphatic carbocycles. The molecule has 0 saturated heterocycles. The van der Waals surface area contributed by atoms with Gasteiger partial charge in [0.15, 0.2) is 0 Å². The molecule has 2 heterocycles. The summed E-state index contributed by atoms with van der Waals surface area (Å²) >= 11 is 0. The highest BCUT2D eigenvalue weighted by Gasteiger charge is 1.95. The van der Waals surface area contributed by atoms with Crippen molar-refractivity contribution in [1.29, 1.82) is 0 Å². The van der Waals surface area contributed by atoms with Gasteiger partial charge in [-0.3, -0.25) is 4.57 Å². The van der Waals surface area contributed by atoms with Crippen LogP contribution in [0.15, 0.2) is 35.5 Å². The zero-order chi connectivity index (χ0) is 6.81. The van der Waals surface area contributed by atoms with Crippen molar-refractivity contribution < 1.29 is 4.52 Å². The second kappa shape index (κ2) is 1.98. The van der Waals surface area contributed by atoms with Crippen molar-refractivity contribution in [1.82, 2.24) is 14.7 Å². The lowest BCUT2D eigenvalue weighted by Crippen LogP contribution is -1.84. The summed E-state index contributed by atoms with van der Waals surface area (Å²) < 4.78 is 6.59. The Hall–Kier alpha value is -1.58. The summed E-state index contributed by atoms with van der Waals surface area (Å²) in [4.78, 5) is 3.85. The number of hydrogen-bond acceptors (Lipinski definition) is 3. The zero-order valence-electron chi connectivity index (χ0n) is 5.14. The first-order valence-electron chi connectivity index (χ1n) is 2.86. The predicted octanol–water partition coefficient (Wildman–Crippen LogP) is 0.860. The van der Waals surface area contributed by atoms with Crippen LogP contribution in [0.3, 0.4) is 0 Å². The average molecular weight is 135 g/mol. The molecule has 4 nitrogen and oxygen atoms in total. The van der Waals surface area contributed by atoms with E-state index in [0.717, 1.165) is 0 Å². The fraction of sp³-hybridized carbons (Fsp3) is 0. The first-order chi connectivity index (χ1) is 4.97. The van der Waals surface area contributed by atoms with Crippen molar-refractivity contribution in [3.63, 3.8) is 0 Å². The van der Waals surface area contributed by atoms with Gasteiger partial charge in [-0.2, -0.15) is 0 Å². The van der Waals surface area contributed by atoms with Crippen LogP contribution >= 0.6 is 0 Å². The Labute approximate surface area is 57.1 Å². The maximum atomic E-state index is 4.85. The Morgan fingerprint density at radius 1 is 1.40 bits per heavy atom. The van der Waals surface area contributed by atoms with E-state index in [9.17, 15) is 0 Å². The minimum absolute atomic E-state index is 0.678. The van der Waals surface area contributed by atoms with Crippen molar-refractivity contribution in [2.75, 3.05) is 0 Å². The van der Waals surface area contributed by atoms with Crippen LogP contribution in [0.4, 0.5) is 0 Å². The second-order valence-corrected chi connectivity index (χ2v) is 1.82. The van der Waals surface area contributed by atoms with Gasteiger partial charge in [-0.25, -0.2) is 4.98 Å². The van der Waals surface area contributed by atoms with E-state index in [2.05, 4.69) is 10.1 Å². The summed E-state index contributed by atoms with van der Waals surface area (Å²) in [5, 5.41) is 3.55. The van der Waals surface area contributed by atoms with E-state index >= 15 is 0 Å². The van der Waals surface area contributed by atoms with Crippen molar-refractivity contribution in [3.8, 4) is 5.88 Å². The molecular weight excluding hydrogens is 130 g/mol. The normalized spacial score (nSPS) is 10.0. The molecular formula is C6H5N3O. The topological polar surface area (TPSA) is 43.9 Å². The summed E-state index contributed by atoms with van der Waals surface area (Å²) in [5.74, 6) is 0.678. The third kappa shape index (κ3) is 0.699. The molecule has 2 rings (SSSR count). The lowest BCUT2D eigenvalue weighted by molar-refractivity contribution is 0.406. The molecule has 0 amide bonds. The van der Waals surface area contributed by atoms with Crippen LogP contribution in [-0.2, 0) is 0 Å². The molecule has 0 bridgehead atoms. The fourth-order valence-corrected chi connectivity index (χ4v) is 0.732. The van der Waals surface area contributed by atoms with Gasteiger partial charge in [-0.05, 0) is 0 Å². The van der Waals surface area contributed by atoms with Gasteiger partial charge in [0.25, 0.3) is 0 Å². The Morgan fingerprint density at radius 3 is 3.00 bits per heavy atom. The summed E-state index contributed by atoms with van der Waals surface area (Å²) in [6, 6.07) is 1.77. The molecule has 0 radical (unpaired) electrons. The van der Waals surface area contributed by atoms with Gasteiger partial charge in [-0.15, -0.1) is 0 Å². The van der Waals surface area contributed by atoms with E-state index in [4.69, 9.17) is 4.52 Å². The molecule has 0 aliphatic heterocycles. The van der Waals surface area contributed by atoms with Crippen LogP contribution < -0.4 is 0 Å². The first kappa shape index (κ1) is 5.22. The maximum Gasteiger partial charge on any atom is 0.236 e. The highest BCUT2D eigenvalue weighted by molar-refractivity contribution is 5.13. The molecule has 0 aliphatic rings. The van der Waals surface area contributed by atoms with E-state index in [-0.39, 0.29) is 0 Å². The van der Waals surface area contributed by atoms with Crippen molar-refractivity contribution >= 4 is 0 Å². The molecule has 10 heavy (non-hydrogen) atoms. The highest BCUT2D eigenvalue weighted by atomic mass is 16.5. The number of hydrogen-bond donors (Lipinski definition) is 0. The fourth-order valence-electron chi connectivity index (χ4n) is 0.732. The molecule has 2 aromatic heterocycles. The second-order valence-electron chi connectivity index (χ2n) is 1.82. The third-order valence-electron chi connectivity index (χ3n) is 1.18. The standard InChI is InChI=1S/C6H5N3O/c1-2-8-10-6(1)9-4-3-7-5-9/h1-5H. The summed E-state index contributed by atoms with van der Waals surface area (Å²) in [7, 11) is 0. The van der Waals surface area contributed by atoms with Crippen LogP contribution in [0.25, 0.3) is 5.88 Å². The average Bonchev–Trinajstić information content (AvgIpc) is 2.59. The summed E-state index contributed by atoms with van der Waals surface area (Å²) in [5.41, 5.74) is 0. The van der Waals surface area contributed by atoms with Crippen molar-refractivity contribution in [3.05, 3.63) is 31.0 Å². The minimum atomic E-state index is 0.678. The van der Waals surface area contributed by atoms with Crippen molar-refractivity contribution in [2.24, 2.45) is 0 Å². The lowest BCUT2D eigenvalue weighted by Gasteiger charge is -1.89. The molecule has 50 valence electrons. The van der Waals surface area contributed by atoms with Gasteiger partial charge in [0.05, 0.1) is 6.20 Å². The SMILES string of the molecule is c1cn(-c2ccno2)cn1. The van der Waals surface area contributed by atoms with E-state index in [1.165, 1.54) is 0 Å². The van der Waals surface area contributed by atoms with Crippen molar-refractivity contribution in [2.45, 2.75) is 0 Å². The highest BCUT2D eigenvalue weighted by Crippen LogP contribution is 2.02. The molecule has 2 aromatic rings. The number of rotatable bonds is 1. The van der Waals surface area contributed by atoms with E-state index in [1.54, 1.807) is 35.6 Å². The third-order valence-corrected chi connectivity index (χ3v) is 1.18. The van der Waals surface area contributed by atoms with Gasteiger partial charge in [0.1, 0.15) is 6.33 Å². The molecule has 0 spiro atoms. The lowest BCUT2D eigenvalue weighted by atomic mass is 10.6. The molecule has 0 fully saturated rings. The summed E-state index contributed by atoms with van der Waals surface area (Å²) in [6.07, 6.45) is 6.72. The first-order valence-corrected chi connectivity index (χ1v) is 2.86. The number of nitrogens with zero attached hydrogens (tertiary/aromatic N) is 3. The quantitative estimate of drug-likeness (QED) is 0.582. The molecule has 0 saturated carbocycles. The number of aromatic nitrogens is 3. The Bertz CT molecular complexity index is 252. The van der Waals surface area contributed by atoms with Crippen LogP contribution in [-0.4, -0.2) is 14.7 Å². The monoisotopic (exact) mass is 135 g/mol. The van der Waals surface area contributed by atoms with Gasteiger partial charge in [-0.1, -0.05) is 5.16 Å². The van der Waals surface area contributed by atoms with Crippen LogP contribution in [0.5, 0.6) is 0 Å². The van der Waals surface area contributed by atoms with Gasteiger partial charge < -0.3 is 4.52 Å². The van der Waals surface area contributed by atoms with Gasteiger partial charge in [0, 0.05) is 18.5 Å². The van der Waals surface area contributed by atoms with Crippen LogP contribution in [0.2, 0.25) is 0 Å². The largest absolute Gasteiger partial charge is 0.338 e. The number of imidazole rings is 1. The molecule has 0 unspecified atom stereocenters. The zero-order valence-corrected chi connectivity index (χ0v) is 5.14. The Morgan fingerprint density at radius 2 is 2.40 bits per heavy atom. The van der Waals surface area contributed by atoms with Crippen LogP contribution in [0, 0.1) is 0 Å². The van der Waals surface area contributed by atoms with Gasteiger partial charge >= 0.3 is 0 Å². The minimum Gasteiger partial charge on any atom is -0.338 e. The Balaban J connectivity index is 2.48. The molecule has 0 N–H and O–H groups in total. The van der Waals surface area contributed by atoms with E-state index in [0.29, 0.717) is 5.88 Å². The molecule has 0 aromatic carbocycles. The van der Waals surface area contributed by atoms with Crippen LogP contribution in [0.1, 0.15) is 0 Å². The smallest absolute Gasteiger partial charge is 0.236 e. The maximum absolute atomic E-state index is 4.85. The van der Waals surface area contributed by atoms with Gasteiger partial charge in [0.2, 0.25) is 5.88 Å². The molecule has 4 heteroatoms. The summed E-state index contributed by atoms with van der Waals surface area (Å²) in [6.45, 7) is 0. The molecule has 0 atom stereocenters. The van der Waals surface area contributed by atoms with E-state index in [1.807, 2.05) is 0 Å².